The molecule has 0 unspecified atom stereocenters. The summed E-state index contributed by atoms with van der Waals surface area (Å²) in [5.41, 5.74) is 2.22. The maximum Gasteiger partial charge on any atom is 0.328 e. The highest BCUT2D eigenvalue weighted by atomic mass is 16.4. The number of aliphatic carboxylic acids is 1. The predicted molar refractivity (Wildman–Crippen MR) is 81.5 cm³/mol. The fraction of sp³-hybridized carbons (Fsp3) is 0.471. The Morgan fingerprint density at radius 3 is 2.55 bits per heavy atom. The lowest BCUT2D eigenvalue weighted by atomic mass is 10.1. The van der Waals surface area contributed by atoms with Crippen LogP contribution in [0.1, 0.15) is 43.2 Å². The van der Waals surface area contributed by atoms with Gasteiger partial charge in [-0.2, -0.15) is 0 Å². The highest BCUT2D eigenvalue weighted by Gasteiger charge is 2.08. The van der Waals surface area contributed by atoms with Crippen LogP contribution in [-0.4, -0.2) is 29.1 Å². The van der Waals surface area contributed by atoms with E-state index in [0.717, 1.165) is 12.1 Å². The highest BCUT2D eigenvalue weighted by Crippen LogP contribution is 2.15. The van der Waals surface area contributed by atoms with Gasteiger partial charge in [-0.25, -0.2) is 4.79 Å². The molecule has 0 bridgehead atoms. The molecular formula is C17H23NO2. The number of hydrogen-bond acceptors (Lipinski definition) is 2. The van der Waals surface area contributed by atoms with Crippen LogP contribution in [0.2, 0.25) is 0 Å². The first-order valence-electron chi connectivity index (χ1n) is 7.46. The van der Waals surface area contributed by atoms with Gasteiger partial charge in [-0.15, -0.1) is 0 Å². The average Bonchev–Trinajstić information content (AvgIpc) is 2.40. The number of carboxylic acids is 1. The molecule has 108 valence electrons. The molecule has 1 fully saturated rings. The molecule has 0 aromatic heterocycles. The quantitative estimate of drug-likeness (QED) is 0.853. The third kappa shape index (κ3) is 5.17. The normalized spacial score (nSPS) is 17.8. The van der Waals surface area contributed by atoms with E-state index in [1.54, 1.807) is 6.08 Å². The van der Waals surface area contributed by atoms with E-state index in [2.05, 4.69) is 17.0 Å². The Morgan fingerprint density at radius 1 is 1.15 bits per heavy atom. The fourth-order valence-corrected chi connectivity index (χ4v) is 2.69. The van der Waals surface area contributed by atoms with Gasteiger partial charge in [0.15, 0.2) is 0 Å². The zero-order valence-electron chi connectivity index (χ0n) is 11.9. The molecule has 1 heterocycles. The Kier molecular flexibility index (Phi) is 5.81. The molecule has 0 radical (unpaired) electrons. The average molecular weight is 273 g/mol. The Labute approximate surface area is 120 Å². The van der Waals surface area contributed by atoms with E-state index in [0.29, 0.717) is 0 Å². The van der Waals surface area contributed by atoms with E-state index in [1.165, 1.54) is 56.8 Å². The Hall–Kier alpha value is -1.61. The summed E-state index contributed by atoms with van der Waals surface area (Å²) >= 11 is 0. The lowest BCUT2D eigenvalue weighted by Crippen LogP contribution is -2.26. The first-order valence-corrected chi connectivity index (χ1v) is 7.46. The number of rotatable bonds is 4. The van der Waals surface area contributed by atoms with Gasteiger partial charge in [0.2, 0.25) is 0 Å². The summed E-state index contributed by atoms with van der Waals surface area (Å²) in [6, 6.07) is 8.15. The van der Waals surface area contributed by atoms with Gasteiger partial charge < -0.3 is 5.11 Å². The van der Waals surface area contributed by atoms with Crippen LogP contribution in [0.3, 0.4) is 0 Å². The molecule has 1 saturated heterocycles. The fourth-order valence-electron chi connectivity index (χ4n) is 2.69. The Morgan fingerprint density at radius 2 is 1.85 bits per heavy atom. The summed E-state index contributed by atoms with van der Waals surface area (Å²) in [4.78, 5) is 13.1. The van der Waals surface area contributed by atoms with Gasteiger partial charge in [0.05, 0.1) is 0 Å². The molecule has 0 aliphatic carbocycles. The summed E-state index contributed by atoms with van der Waals surface area (Å²) in [6.07, 6.45) is 9.49. The molecule has 2 rings (SSSR count). The van der Waals surface area contributed by atoms with Crippen LogP contribution in [0.15, 0.2) is 30.3 Å². The van der Waals surface area contributed by atoms with Crippen molar-refractivity contribution in [3.05, 3.63) is 41.5 Å². The minimum Gasteiger partial charge on any atom is -0.478 e. The van der Waals surface area contributed by atoms with Crippen LogP contribution in [0.5, 0.6) is 0 Å². The van der Waals surface area contributed by atoms with Crippen LogP contribution >= 0.6 is 0 Å². The van der Waals surface area contributed by atoms with E-state index in [-0.39, 0.29) is 0 Å². The molecule has 0 amide bonds. The van der Waals surface area contributed by atoms with Crippen molar-refractivity contribution >= 4 is 12.0 Å². The predicted octanol–water partition coefficient (Wildman–Crippen LogP) is 3.55. The molecule has 1 aliphatic heterocycles. The summed E-state index contributed by atoms with van der Waals surface area (Å²) in [6.45, 7) is 3.32. The van der Waals surface area contributed by atoms with Crippen LogP contribution in [0, 0.1) is 0 Å². The molecule has 1 aliphatic rings. The van der Waals surface area contributed by atoms with Crippen molar-refractivity contribution in [2.45, 2.75) is 38.6 Å². The van der Waals surface area contributed by atoms with E-state index in [4.69, 9.17) is 5.11 Å². The van der Waals surface area contributed by atoms with Crippen LogP contribution in [0.25, 0.3) is 6.08 Å². The monoisotopic (exact) mass is 273 g/mol. The third-order valence-electron chi connectivity index (χ3n) is 3.72. The van der Waals surface area contributed by atoms with Crippen molar-refractivity contribution in [3.8, 4) is 0 Å². The van der Waals surface area contributed by atoms with E-state index < -0.39 is 5.97 Å². The van der Waals surface area contributed by atoms with E-state index in [9.17, 15) is 4.79 Å². The van der Waals surface area contributed by atoms with Crippen molar-refractivity contribution in [2.24, 2.45) is 0 Å². The third-order valence-corrected chi connectivity index (χ3v) is 3.72. The van der Waals surface area contributed by atoms with E-state index in [1.807, 2.05) is 12.1 Å². The molecule has 1 aromatic rings. The summed E-state index contributed by atoms with van der Waals surface area (Å²) in [5, 5.41) is 8.67. The summed E-state index contributed by atoms with van der Waals surface area (Å²) in [5.74, 6) is -0.904. The SMILES string of the molecule is O=C(O)C=Cc1cccc(CN2CCCCCCC2)c1. The highest BCUT2D eigenvalue weighted by molar-refractivity contribution is 5.85. The van der Waals surface area contributed by atoms with Crippen molar-refractivity contribution in [3.63, 3.8) is 0 Å². The zero-order chi connectivity index (χ0) is 14.2. The van der Waals surface area contributed by atoms with Crippen molar-refractivity contribution < 1.29 is 9.90 Å². The molecule has 1 N–H and O–H groups in total. The van der Waals surface area contributed by atoms with Crippen molar-refractivity contribution in [1.29, 1.82) is 0 Å². The minimum absolute atomic E-state index is 0.904. The molecule has 3 heteroatoms. The number of likely N-dealkylation sites (tertiary alicyclic amines) is 1. The molecule has 0 saturated carbocycles. The Balaban J connectivity index is 1.97. The second-order valence-corrected chi connectivity index (χ2v) is 5.46. The first kappa shape index (κ1) is 14.8. The van der Waals surface area contributed by atoms with E-state index >= 15 is 0 Å². The number of hydrogen-bond donors (Lipinski definition) is 1. The minimum atomic E-state index is -0.904. The van der Waals surface area contributed by atoms with Crippen LogP contribution in [0.4, 0.5) is 0 Å². The zero-order valence-corrected chi connectivity index (χ0v) is 11.9. The molecule has 1 aromatic carbocycles. The van der Waals surface area contributed by atoms with Gasteiger partial charge in [-0.05, 0) is 43.1 Å². The largest absolute Gasteiger partial charge is 0.478 e. The van der Waals surface area contributed by atoms with Gasteiger partial charge in [0.25, 0.3) is 0 Å². The maximum atomic E-state index is 10.6. The molecule has 0 spiro atoms. The van der Waals surface area contributed by atoms with Gasteiger partial charge >= 0.3 is 5.97 Å². The second kappa shape index (κ2) is 7.85. The lowest BCUT2D eigenvalue weighted by molar-refractivity contribution is -0.131. The van der Waals surface area contributed by atoms with Crippen LogP contribution < -0.4 is 0 Å². The summed E-state index contributed by atoms with van der Waals surface area (Å²) in [7, 11) is 0. The number of carboxylic acid groups (broad SMARTS) is 1. The van der Waals surface area contributed by atoms with Crippen molar-refractivity contribution in [2.75, 3.05) is 13.1 Å². The second-order valence-electron chi connectivity index (χ2n) is 5.46. The smallest absolute Gasteiger partial charge is 0.328 e. The molecule has 0 atom stereocenters. The topological polar surface area (TPSA) is 40.5 Å². The number of carbonyl (C=O) groups is 1. The lowest BCUT2D eigenvalue weighted by Gasteiger charge is -2.24. The molecule has 20 heavy (non-hydrogen) atoms. The maximum absolute atomic E-state index is 10.6. The summed E-state index contributed by atoms with van der Waals surface area (Å²) < 4.78 is 0. The molecule has 3 nitrogen and oxygen atoms in total. The van der Waals surface area contributed by atoms with Crippen LogP contribution in [-0.2, 0) is 11.3 Å². The van der Waals surface area contributed by atoms with Gasteiger partial charge in [-0.1, -0.05) is 43.5 Å². The van der Waals surface area contributed by atoms with Gasteiger partial charge in [-0.3, -0.25) is 4.90 Å². The van der Waals surface area contributed by atoms with Crippen molar-refractivity contribution in [1.82, 2.24) is 4.90 Å². The number of nitrogens with zero attached hydrogens (tertiary/aromatic N) is 1. The molecular weight excluding hydrogens is 250 g/mol. The Bertz CT molecular complexity index is 460. The standard InChI is InChI=1S/C17H23NO2/c19-17(20)10-9-15-7-6-8-16(13-15)14-18-11-4-2-1-3-5-12-18/h6-10,13H,1-5,11-12,14H2,(H,19,20). The first-order chi connectivity index (χ1) is 9.74. The van der Waals surface area contributed by atoms with Gasteiger partial charge in [0, 0.05) is 12.6 Å². The van der Waals surface area contributed by atoms with Gasteiger partial charge in [0.1, 0.15) is 0 Å². The number of benzene rings is 1.